The first-order valence-electron chi connectivity index (χ1n) is 8.00. The van der Waals surface area contributed by atoms with Gasteiger partial charge in [0, 0.05) is 12.0 Å². The Balaban J connectivity index is 1.87. The largest absolute Gasteiger partial charge is 0.425 e. The Labute approximate surface area is 127 Å². The van der Waals surface area contributed by atoms with E-state index in [1.807, 2.05) is 0 Å². The first kappa shape index (κ1) is 16.4. The molecule has 5 heteroatoms. The lowest BCUT2D eigenvalue weighted by Gasteiger charge is -2.20. The molecule has 0 saturated carbocycles. The zero-order chi connectivity index (χ0) is 15.6. The second-order valence-electron chi connectivity index (χ2n) is 7.25. The van der Waals surface area contributed by atoms with E-state index in [2.05, 4.69) is 57.1 Å². The van der Waals surface area contributed by atoms with Gasteiger partial charge in [-0.25, -0.2) is 0 Å². The maximum Gasteiger partial charge on any atom is 0.222 e. The van der Waals surface area contributed by atoms with Crippen molar-refractivity contribution in [3.05, 3.63) is 11.8 Å². The molecule has 1 fully saturated rings. The number of aryl methyl sites for hydroxylation is 1. The summed E-state index contributed by atoms with van der Waals surface area (Å²) in [6.07, 6.45) is 2.21. The molecule has 21 heavy (non-hydrogen) atoms. The van der Waals surface area contributed by atoms with E-state index in [1.54, 1.807) is 0 Å². The van der Waals surface area contributed by atoms with Crippen molar-refractivity contribution in [1.29, 1.82) is 0 Å². The van der Waals surface area contributed by atoms with Crippen LogP contribution < -0.4 is 5.32 Å². The van der Waals surface area contributed by atoms with Crippen LogP contribution in [0.2, 0.25) is 0 Å². The van der Waals surface area contributed by atoms with E-state index in [1.165, 1.54) is 0 Å². The van der Waals surface area contributed by atoms with Crippen LogP contribution >= 0.6 is 0 Å². The summed E-state index contributed by atoms with van der Waals surface area (Å²) < 4.78 is 11.7. The highest BCUT2D eigenvalue weighted by Crippen LogP contribution is 2.39. The van der Waals surface area contributed by atoms with Gasteiger partial charge < -0.3 is 14.5 Å². The van der Waals surface area contributed by atoms with Crippen LogP contribution in [0.5, 0.6) is 0 Å². The molecule has 0 bridgehead atoms. The first-order valence-corrected chi connectivity index (χ1v) is 8.00. The van der Waals surface area contributed by atoms with Gasteiger partial charge in [-0.05, 0) is 53.5 Å². The molecule has 1 aromatic heterocycles. The molecule has 2 heterocycles. The van der Waals surface area contributed by atoms with Crippen molar-refractivity contribution in [1.82, 2.24) is 15.5 Å². The number of nitrogens with one attached hydrogen (secondary N) is 1. The normalized spacial score (nSPS) is 30.0. The molecule has 0 aromatic carbocycles. The summed E-state index contributed by atoms with van der Waals surface area (Å²) in [5.74, 6) is 2.10. The number of nitrogens with zero attached hydrogens (tertiary/aromatic N) is 2. The van der Waals surface area contributed by atoms with E-state index in [-0.39, 0.29) is 23.7 Å². The summed E-state index contributed by atoms with van der Waals surface area (Å²) in [5, 5.41) is 11.9. The number of aromatic nitrogens is 2. The van der Waals surface area contributed by atoms with E-state index >= 15 is 0 Å². The molecule has 1 aliphatic rings. The quantitative estimate of drug-likeness (QED) is 0.846. The minimum atomic E-state index is 0.144. The minimum Gasteiger partial charge on any atom is -0.425 e. The third-order valence-corrected chi connectivity index (χ3v) is 4.23. The Morgan fingerprint density at radius 1 is 1.10 bits per heavy atom. The third-order valence-electron chi connectivity index (χ3n) is 4.23. The Morgan fingerprint density at radius 2 is 1.81 bits per heavy atom. The molecule has 5 nitrogen and oxygen atoms in total. The lowest BCUT2D eigenvalue weighted by Crippen LogP contribution is -2.36. The van der Waals surface area contributed by atoms with Gasteiger partial charge in [0.15, 0.2) is 0 Å². The molecule has 0 aliphatic carbocycles. The van der Waals surface area contributed by atoms with Crippen molar-refractivity contribution in [3.63, 3.8) is 0 Å². The van der Waals surface area contributed by atoms with Crippen molar-refractivity contribution in [2.45, 2.75) is 78.0 Å². The van der Waals surface area contributed by atoms with E-state index in [0.29, 0.717) is 5.92 Å². The Hall–Kier alpha value is -0.940. The van der Waals surface area contributed by atoms with Crippen molar-refractivity contribution in [2.75, 3.05) is 6.54 Å². The van der Waals surface area contributed by atoms with Crippen LogP contribution in [0, 0.1) is 5.92 Å². The van der Waals surface area contributed by atoms with Crippen LogP contribution in [0.3, 0.4) is 0 Å². The van der Waals surface area contributed by atoms with Gasteiger partial charge in [0.05, 0.1) is 18.1 Å². The van der Waals surface area contributed by atoms with Crippen molar-refractivity contribution >= 4 is 0 Å². The summed E-state index contributed by atoms with van der Waals surface area (Å²) in [7, 11) is 0. The fourth-order valence-corrected chi connectivity index (χ4v) is 2.90. The van der Waals surface area contributed by atoms with Crippen LogP contribution in [-0.2, 0) is 11.2 Å². The Bertz CT molecular complexity index is 453. The standard InChI is InChI=1S/C16H29N3O2/c1-10-11(2)20-12(3)14(10)15-19-18-13(21-15)8-7-9-17-16(4,5)6/h10-12,14,17H,7-9H2,1-6H3. The summed E-state index contributed by atoms with van der Waals surface area (Å²) in [5.41, 5.74) is 0.155. The Kier molecular flexibility index (Phi) is 5.04. The van der Waals surface area contributed by atoms with Crippen LogP contribution in [-0.4, -0.2) is 34.5 Å². The molecule has 4 atom stereocenters. The number of rotatable bonds is 5. The number of hydrogen-bond donors (Lipinski definition) is 1. The fraction of sp³-hybridized carbons (Fsp3) is 0.875. The van der Waals surface area contributed by atoms with Gasteiger partial charge in [0.1, 0.15) is 0 Å². The Morgan fingerprint density at radius 3 is 2.38 bits per heavy atom. The van der Waals surface area contributed by atoms with Crippen molar-refractivity contribution < 1.29 is 9.15 Å². The number of hydrogen-bond acceptors (Lipinski definition) is 5. The average molecular weight is 295 g/mol. The van der Waals surface area contributed by atoms with E-state index in [4.69, 9.17) is 9.15 Å². The lowest BCUT2D eigenvalue weighted by molar-refractivity contribution is 0.0544. The van der Waals surface area contributed by atoms with Gasteiger partial charge in [-0.1, -0.05) is 6.92 Å². The van der Waals surface area contributed by atoms with E-state index in [9.17, 15) is 0 Å². The molecular weight excluding hydrogens is 266 g/mol. The van der Waals surface area contributed by atoms with Crippen LogP contribution in [0.25, 0.3) is 0 Å². The highest BCUT2D eigenvalue weighted by molar-refractivity contribution is 5.02. The van der Waals surface area contributed by atoms with Gasteiger partial charge in [-0.2, -0.15) is 0 Å². The fourth-order valence-electron chi connectivity index (χ4n) is 2.90. The molecule has 4 unspecified atom stereocenters. The lowest BCUT2D eigenvalue weighted by atomic mass is 9.89. The van der Waals surface area contributed by atoms with Crippen LogP contribution in [0.15, 0.2) is 4.42 Å². The maximum absolute atomic E-state index is 5.86. The molecule has 1 aromatic rings. The highest BCUT2D eigenvalue weighted by atomic mass is 16.5. The molecule has 0 amide bonds. The maximum atomic E-state index is 5.86. The summed E-state index contributed by atoms with van der Waals surface area (Å²) in [6.45, 7) is 13.8. The second kappa shape index (κ2) is 6.44. The first-order chi connectivity index (χ1) is 9.78. The summed E-state index contributed by atoms with van der Waals surface area (Å²) in [6, 6.07) is 0. The average Bonchev–Trinajstić information content (AvgIpc) is 2.90. The van der Waals surface area contributed by atoms with Crippen LogP contribution in [0.1, 0.15) is 65.7 Å². The number of ether oxygens (including phenoxy) is 1. The highest BCUT2D eigenvalue weighted by Gasteiger charge is 2.41. The van der Waals surface area contributed by atoms with Gasteiger partial charge in [0.25, 0.3) is 0 Å². The predicted octanol–water partition coefficient (Wildman–Crippen LogP) is 2.92. The van der Waals surface area contributed by atoms with Gasteiger partial charge in [0.2, 0.25) is 11.8 Å². The molecule has 0 radical (unpaired) electrons. The molecule has 1 aliphatic heterocycles. The summed E-state index contributed by atoms with van der Waals surface area (Å²) in [4.78, 5) is 0. The third kappa shape index (κ3) is 4.27. The second-order valence-corrected chi connectivity index (χ2v) is 7.25. The van der Waals surface area contributed by atoms with E-state index in [0.717, 1.165) is 31.2 Å². The monoisotopic (exact) mass is 295 g/mol. The zero-order valence-corrected chi connectivity index (χ0v) is 14.1. The zero-order valence-electron chi connectivity index (χ0n) is 14.1. The van der Waals surface area contributed by atoms with Crippen molar-refractivity contribution in [3.8, 4) is 0 Å². The smallest absolute Gasteiger partial charge is 0.222 e. The molecule has 1 saturated heterocycles. The molecule has 1 N–H and O–H groups in total. The van der Waals surface area contributed by atoms with Gasteiger partial charge in [-0.15, -0.1) is 10.2 Å². The van der Waals surface area contributed by atoms with E-state index < -0.39 is 0 Å². The molecular formula is C16H29N3O2. The topological polar surface area (TPSA) is 60.2 Å². The summed E-state index contributed by atoms with van der Waals surface area (Å²) >= 11 is 0. The predicted molar refractivity (Wildman–Crippen MR) is 82.3 cm³/mol. The molecule has 120 valence electrons. The van der Waals surface area contributed by atoms with Gasteiger partial charge >= 0.3 is 0 Å². The van der Waals surface area contributed by atoms with Crippen molar-refractivity contribution in [2.24, 2.45) is 5.92 Å². The molecule has 0 spiro atoms. The van der Waals surface area contributed by atoms with Crippen LogP contribution in [0.4, 0.5) is 0 Å². The SMILES string of the molecule is CC1OC(C)C(c2nnc(CCCNC(C)(C)C)o2)C1C. The molecule has 2 rings (SSSR count). The van der Waals surface area contributed by atoms with Gasteiger partial charge in [-0.3, -0.25) is 0 Å². The minimum absolute atomic E-state index is 0.144.